The minimum atomic E-state index is -0.690. The predicted octanol–water partition coefficient (Wildman–Crippen LogP) is -1.03. The molecule has 2 amide bonds. The number of amides is 2. The van der Waals surface area contributed by atoms with Crippen LogP contribution < -0.4 is 16.4 Å². The van der Waals surface area contributed by atoms with E-state index in [4.69, 9.17) is 10.5 Å². The number of nitrogens with one attached hydrogen (secondary N) is 2. The van der Waals surface area contributed by atoms with Gasteiger partial charge >= 0.3 is 0 Å². The second kappa shape index (κ2) is 10.9. The summed E-state index contributed by atoms with van der Waals surface area (Å²) in [6.45, 7) is 1.30. The maximum absolute atomic E-state index is 11.4. The van der Waals surface area contributed by atoms with Gasteiger partial charge in [-0.2, -0.15) is 0 Å². The van der Waals surface area contributed by atoms with Crippen LogP contribution >= 0.6 is 0 Å². The van der Waals surface area contributed by atoms with Crippen molar-refractivity contribution in [2.75, 3.05) is 34.1 Å². The number of nitrogens with two attached hydrogens (primary N) is 1. The van der Waals surface area contributed by atoms with Crippen LogP contribution in [0.3, 0.4) is 0 Å². The first-order valence-electron chi connectivity index (χ1n) is 5.89. The average Bonchev–Trinajstić information content (AvgIpc) is 2.38. The van der Waals surface area contributed by atoms with Gasteiger partial charge in [0.2, 0.25) is 11.8 Å². The van der Waals surface area contributed by atoms with Crippen molar-refractivity contribution in [2.45, 2.75) is 25.3 Å². The van der Waals surface area contributed by atoms with E-state index in [1.54, 1.807) is 7.11 Å². The van der Waals surface area contributed by atoms with Gasteiger partial charge in [0, 0.05) is 33.8 Å². The van der Waals surface area contributed by atoms with Gasteiger partial charge in [0.1, 0.15) is 6.73 Å². The molecule has 0 spiro atoms. The number of methoxy groups -OCH3 is 2. The molecule has 0 bridgehead atoms. The molecule has 4 N–H and O–H groups in total. The van der Waals surface area contributed by atoms with Crippen molar-refractivity contribution < 1.29 is 19.1 Å². The van der Waals surface area contributed by atoms with Crippen LogP contribution in [0.1, 0.15) is 19.3 Å². The molecule has 0 saturated heterocycles. The van der Waals surface area contributed by atoms with Crippen molar-refractivity contribution >= 4 is 11.8 Å². The SMILES string of the molecule is COCCCNC(=O)CCC(N)C(=O)NCOC. The molecule has 0 aromatic carbocycles. The van der Waals surface area contributed by atoms with Gasteiger partial charge in [-0.25, -0.2) is 0 Å². The van der Waals surface area contributed by atoms with Gasteiger partial charge in [-0.1, -0.05) is 0 Å². The van der Waals surface area contributed by atoms with Gasteiger partial charge in [0.25, 0.3) is 0 Å². The minimum Gasteiger partial charge on any atom is -0.385 e. The molecule has 1 atom stereocenters. The number of hydrogen-bond acceptors (Lipinski definition) is 5. The van der Waals surface area contributed by atoms with Gasteiger partial charge in [-0.15, -0.1) is 0 Å². The molecular formula is C11H23N3O4. The largest absolute Gasteiger partial charge is 0.385 e. The van der Waals surface area contributed by atoms with Crippen LogP contribution in [0, 0.1) is 0 Å². The van der Waals surface area contributed by atoms with Crippen LogP contribution in [-0.4, -0.2) is 52.0 Å². The third-order valence-electron chi connectivity index (χ3n) is 2.26. The molecule has 106 valence electrons. The summed E-state index contributed by atoms with van der Waals surface area (Å²) < 4.78 is 9.54. The molecule has 0 saturated carbocycles. The predicted molar refractivity (Wildman–Crippen MR) is 66.7 cm³/mol. The first kappa shape index (κ1) is 16.8. The first-order chi connectivity index (χ1) is 8.61. The topological polar surface area (TPSA) is 103 Å². The number of ether oxygens (including phenoxy) is 2. The molecule has 0 aromatic heterocycles. The molecule has 0 aliphatic heterocycles. The lowest BCUT2D eigenvalue weighted by Gasteiger charge is -2.11. The zero-order valence-corrected chi connectivity index (χ0v) is 11.0. The molecule has 0 heterocycles. The Balaban J connectivity index is 3.61. The smallest absolute Gasteiger partial charge is 0.238 e. The molecule has 7 heteroatoms. The molecular weight excluding hydrogens is 238 g/mol. The van der Waals surface area contributed by atoms with Crippen LogP contribution in [0.15, 0.2) is 0 Å². The van der Waals surface area contributed by atoms with Gasteiger partial charge in [-0.3, -0.25) is 9.59 Å². The van der Waals surface area contributed by atoms with E-state index in [0.29, 0.717) is 19.6 Å². The Morgan fingerprint density at radius 1 is 1.22 bits per heavy atom. The Morgan fingerprint density at radius 2 is 1.94 bits per heavy atom. The van der Waals surface area contributed by atoms with Crippen molar-refractivity contribution in [1.29, 1.82) is 0 Å². The summed E-state index contributed by atoms with van der Waals surface area (Å²) in [6.07, 6.45) is 1.31. The summed E-state index contributed by atoms with van der Waals surface area (Å²) in [5.41, 5.74) is 5.62. The van der Waals surface area contributed by atoms with Gasteiger partial charge < -0.3 is 25.8 Å². The fourth-order valence-corrected chi connectivity index (χ4v) is 1.22. The summed E-state index contributed by atoms with van der Waals surface area (Å²) >= 11 is 0. The molecule has 0 aromatic rings. The van der Waals surface area contributed by atoms with Crippen molar-refractivity contribution in [1.82, 2.24) is 10.6 Å². The Hall–Kier alpha value is -1.18. The highest BCUT2D eigenvalue weighted by molar-refractivity contribution is 5.82. The fourth-order valence-electron chi connectivity index (χ4n) is 1.22. The summed E-state index contributed by atoms with van der Waals surface area (Å²) in [7, 11) is 3.08. The normalized spacial score (nSPS) is 11.9. The standard InChI is InChI=1S/C11H23N3O4/c1-17-7-3-6-13-10(15)5-4-9(12)11(16)14-8-18-2/h9H,3-8,12H2,1-2H3,(H,13,15)(H,14,16). The quantitative estimate of drug-likeness (QED) is 0.344. The highest BCUT2D eigenvalue weighted by Gasteiger charge is 2.14. The Labute approximate surface area is 107 Å². The molecule has 18 heavy (non-hydrogen) atoms. The molecule has 7 nitrogen and oxygen atoms in total. The van der Waals surface area contributed by atoms with Gasteiger partial charge in [-0.05, 0) is 12.8 Å². The Bertz CT molecular complexity index is 248. The van der Waals surface area contributed by atoms with Crippen LogP contribution in [0.4, 0.5) is 0 Å². The van der Waals surface area contributed by atoms with Crippen LogP contribution in [0.5, 0.6) is 0 Å². The molecule has 0 aliphatic carbocycles. The van der Waals surface area contributed by atoms with Gasteiger partial charge in [0.05, 0.1) is 6.04 Å². The van der Waals surface area contributed by atoms with Crippen molar-refractivity contribution in [3.63, 3.8) is 0 Å². The third kappa shape index (κ3) is 8.91. The van der Waals surface area contributed by atoms with Crippen molar-refractivity contribution in [2.24, 2.45) is 5.73 Å². The number of carbonyl (C=O) groups excluding carboxylic acids is 2. The number of hydrogen-bond donors (Lipinski definition) is 3. The molecule has 1 unspecified atom stereocenters. The first-order valence-corrected chi connectivity index (χ1v) is 5.89. The van der Waals surface area contributed by atoms with Crippen molar-refractivity contribution in [3.8, 4) is 0 Å². The van der Waals surface area contributed by atoms with E-state index >= 15 is 0 Å². The molecule has 0 rings (SSSR count). The lowest BCUT2D eigenvalue weighted by atomic mass is 10.1. The average molecular weight is 261 g/mol. The summed E-state index contributed by atoms with van der Waals surface area (Å²) in [5.74, 6) is -0.426. The van der Waals surface area contributed by atoms with Crippen LogP contribution in [-0.2, 0) is 19.1 Å². The van der Waals surface area contributed by atoms with E-state index in [-0.39, 0.29) is 25.0 Å². The second-order valence-corrected chi connectivity index (χ2v) is 3.82. The highest BCUT2D eigenvalue weighted by Crippen LogP contribution is 1.95. The molecule has 0 aliphatic rings. The Morgan fingerprint density at radius 3 is 2.56 bits per heavy atom. The lowest BCUT2D eigenvalue weighted by molar-refractivity contribution is -0.124. The molecule has 0 fully saturated rings. The van der Waals surface area contributed by atoms with E-state index in [9.17, 15) is 9.59 Å². The van der Waals surface area contributed by atoms with E-state index in [0.717, 1.165) is 6.42 Å². The Kier molecular flexibility index (Phi) is 10.2. The van der Waals surface area contributed by atoms with E-state index in [2.05, 4.69) is 15.4 Å². The monoisotopic (exact) mass is 261 g/mol. The number of carbonyl (C=O) groups is 2. The second-order valence-electron chi connectivity index (χ2n) is 3.82. The lowest BCUT2D eigenvalue weighted by Crippen LogP contribution is -2.42. The summed E-state index contributed by atoms with van der Waals surface area (Å²) in [5, 5.41) is 5.21. The van der Waals surface area contributed by atoms with Crippen molar-refractivity contribution in [3.05, 3.63) is 0 Å². The zero-order valence-electron chi connectivity index (χ0n) is 11.0. The molecule has 0 radical (unpaired) electrons. The third-order valence-corrected chi connectivity index (χ3v) is 2.26. The highest BCUT2D eigenvalue weighted by atomic mass is 16.5. The maximum Gasteiger partial charge on any atom is 0.238 e. The zero-order chi connectivity index (χ0) is 13.8. The van der Waals surface area contributed by atoms with E-state index in [1.165, 1.54) is 7.11 Å². The minimum absolute atomic E-state index is 0.110. The van der Waals surface area contributed by atoms with E-state index < -0.39 is 6.04 Å². The summed E-state index contributed by atoms with van der Waals surface area (Å²) in [4.78, 5) is 22.7. The maximum atomic E-state index is 11.4. The summed E-state index contributed by atoms with van der Waals surface area (Å²) in [6, 6.07) is -0.690. The van der Waals surface area contributed by atoms with Gasteiger partial charge in [0.15, 0.2) is 0 Å². The fraction of sp³-hybridized carbons (Fsp3) is 0.818. The van der Waals surface area contributed by atoms with Crippen LogP contribution in [0.25, 0.3) is 0 Å². The number of rotatable bonds is 10. The van der Waals surface area contributed by atoms with E-state index in [1.807, 2.05) is 0 Å². The van der Waals surface area contributed by atoms with Crippen LogP contribution in [0.2, 0.25) is 0 Å².